The van der Waals surface area contributed by atoms with Gasteiger partial charge in [0.05, 0.1) is 6.04 Å². The van der Waals surface area contributed by atoms with Crippen LogP contribution in [0.5, 0.6) is 0 Å². The first-order chi connectivity index (χ1) is 8.59. The summed E-state index contributed by atoms with van der Waals surface area (Å²) in [5.74, 6) is 0. The molecule has 2 unspecified atom stereocenters. The molecule has 1 saturated heterocycles. The van der Waals surface area contributed by atoms with Crippen molar-refractivity contribution in [2.24, 2.45) is 0 Å². The van der Waals surface area contributed by atoms with Gasteiger partial charge in [0.15, 0.2) is 0 Å². The third kappa shape index (κ3) is 2.91. The largest absolute Gasteiger partial charge is 0.314 e. The van der Waals surface area contributed by atoms with Crippen molar-refractivity contribution in [1.29, 1.82) is 0 Å². The van der Waals surface area contributed by atoms with Gasteiger partial charge < -0.3 is 10.2 Å². The van der Waals surface area contributed by atoms with Crippen LogP contribution in [-0.2, 0) is 0 Å². The third-order valence-corrected chi connectivity index (χ3v) is 3.90. The molecule has 0 radical (unpaired) electrons. The van der Waals surface area contributed by atoms with Crippen molar-refractivity contribution in [2.45, 2.75) is 19.0 Å². The van der Waals surface area contributed by atoms with Gasteiger partial charge in [-0.1, -0.05) is 29.8 Å². The van der Waals surface area contributed by atoms with Crippen molar-refractivity contribution in [3.05, 3.63) is 35.4 Å². The predicted octanol–water partition coefficient (Wildman–Crippen LogP) is 1.50. The second kappa shape index (κ2) is 5.83. The van der Waals surface area contributed by atoms with Gasteiger partial charge in [0.2, 0.25) is 0 Å². The molecule has 3 heteroatoms. The standard InChI is InChI=1S/C15H25N3/c1-12-5-7-13(8-6-12)15(17(2)3)14-11-16-9-10-18(14)4/h5-8,14-16H,9-11H2,1-4H3. The van der Waals surface area contributed by atoms with E-state index in [-0.39, 0.29) is 0 Å². The Morgan fingerprint density at radius 2 is 1.94 bits per heavy atom. The number of benzene rings is 1. The summed E-state index contributed by atoms with van der Waals surface area (Å²) < 4.78 is 0. The maximum Gasteiger partial charge on any atom is 0.0510 e. The minimum atomic E-state index is 0.448. The Hall–Kier alpha value is -0.900. The topological polar surface area (TPSA) is 18.5 Å². The van der Waals surface area contributed by atoms with Crippen LogP contribution in [0.4, 0.5) is 0 Å². The van der Waals surface area contributed by atoms with Crippen LogP contribution in [0.15, 0.2) is 24.3 Å². The smallest absolute Gasteiger partial charge is 0.0510 e. The van der Waals surface area contributed by atoms with E-state index in [1.54, 1.807) is 0 Å². The zero-order chi connectivity index (χ0) is 13.1. The zero-order valence-electron chi connectivity index (χ0n) is 12.0. The number of piperazine rings is 1. The first-order valence-corrected chi connectivity index (χ1v) is 6.73. The quantitative estimate of drug-likeness (QED) is 0.873. The van der Waals surface area contributed by atoms with Gasteiger partial charge in [-0.05, 0) is 33.6 Å². The number of hydrogen-bond acceptors (Lipinski definition) is 3. The van der Waals surface area contributed by atoms with Crippen LogP contribution >= 0.6 is 0 Å². The monoisotopic (exact) mass is 247 g/mol. The number of aryl methyl sites for hydroxylation is 1. The van der Waals surface area contributed by atoms with Gasteiger partial charge in [-0.25, -0.2) is 0 Å². The predicted molar refractivity (Wildman–Crippen MR) is 76.9 cm³/mol. The summed E-state index contributed by atoms with van der Waals surface area (Å²) in [6.07, 6.45) is 0. The Balaban J connectivity index is 2.24. The van der Waals surface area contributed by atoms with Gasteiger partial charge in [0.25, 0.3) is 0 Å². The van der Waals surface area contributed by atoms with Crippen molar-refractivity contribution in [3.8, 4) is 0 Å². The van der Waals surface area contributed by atoms with Crippen LogP contribution in [0.1, 0.15) is 17.2 Å². The Kier molecular flexibility index (Phi) is 4.38. The molecule has 1 aliphatic rings. The Bertz CT molecular complexity index is 372. The molecule has 3 nitrogen and oxygen atoms in total. The second-order valence-corrected chi connectivity index (χ2v) is 5.57. The van der Waals surface area contributed by atoms with Crippen molar-refractivity contribution in [1.82, 2.24) is 15.1 Å². The van der Waals surface area contributed by atoms with E-state index >= 15 is 0 Å². The van der Waals surface area contributed by atoms with E-state index in [0.717, 1.165) is 19.6 Å². The molecule has 100 valence electrons. The van der Waals surface area contributed by atoms with Crippen LogP contribution < -0.4 is 5.32 Å². The van der Waals surface area contributed by atoms with Crippen molar-refractivity contribution in [3.63, 3.8) is 0 Å². The molecule has 18 heavy (non-hydrogen) atoms. The molecule has 0 aliphatic carbocycles. The molecule has 0 bridgehead atoms. The molecule has 0 spiro atoms. The molecule has 1 N–H and O–H groups in total. The molecular weight excluding hydrogens is 222 g/mol. The van der Waals surface area contributed by atoms with Crippen LogP contribution in [0, 0.1) is 6.92 Å². The molecule has 0 aromatic heterocycles. The average molecular weight is 247 g/mol. The fourth-order valence-electron chi connectivity index (χ4n) is 2.81. The minimum Gasteiger partial charge on any atom is -0.314 e. The number of rotatable bonds is 3. The van der Waals surface area contributed by atoms with E-state index in [1.165, 1.54) is 11.1 Å². The van der Waals surface area contributed by atoms with Crippen LogP contribution in [0.25, 0.3) is 0 Å². The highest BCUT2D eigenvalue weighted by atomic mass is 15.3. The van der Waals surface area contributed by atoms with E-state index in [0.29, 0.717) is 12.1 Å². The zero-order valence-corrected chi connectivity index (χ0v) is 12.0. The highest BCUT2D eigenvalue weighted by Crippen LogP contribution is 2.26. The molecule has 0 amide bonds. The average Bonchev–Trinajstić information content (AvgIpc) is 2.34. The van der Waals surface area contributed by atoms with Crippen LogP contribution in [0.3, 0.4) is 0 Å². The molecule has 0 saturated carbocycles. The lowest BCUT2D eigenvalue weighted by Crippen LogP contribution is -2.54. The first-order valence-electron chi connectivity index (χ1n) is 6.73. The first kappa shape index (κ1) is 13.5. The number of likely N-dealkylation sites (N-methyl/N-ethyl adjacent to an activating group) is 2. The van der Waals surface area contributed by atoms with E-state index in [4.69, 9.17) is 0 Å². The summed E-state index contributed by atoms with van der Waals surface area (Å²) >= 11 is 0. The highest BCUT2D eigenvalue weighted by Gasteiger charge is 2.30. The summed E-state index contributed by atoms with van der Waals surface area (Å²) in [7, 11) is 6.58. The Labute approximate surface area is 111 Å². The minimum absolute atomic E-state index is 0.448. The number of nitrogens with zero attached hydrogens (tertiary/aromatic N) is 2. The molecule has 1 fully saturated rings. The third-order valence-electron chi connectivity index (χ3n) is 3.90. The molecule has 1 heterocycles. The van der Waals surface area contributed by atoms with E-state index in [2.05, 4.69) is 67.4 Å². The van der Waals surface area contributed by atoms with E-state index in [1.807, 2.05) is 0 Å². The molecular formula is C15H25N3. The Morgan fingerprint density at radius 3 is 2.50 bits per heavy atom. The fourth-order valence-corrected chi connectivity index (χ4v) is 2.81. The van der Waals surface area contributed by atoms with Crippen molar-refractivity contribution in [2.75, 3.05) is 40.8 Å². The summed E-state index contributed by atoms with van der Waals surface area (Å²) in [5.41, 5.74) is 2.73. The Morgan fingerprint density at radius 1 is 1.28 bits per heavy atom. The van der Waals surface area contributed by atoms with Crippen molar-refractivity contribution < 1.29 is 0 Å². The van der Waals surface area contributed by atoms with Gasteiger partial charge in [0, 0.05) is 25.7 Å². The van der Waals surface area contributed by atoms with Crippen LogP contribution in [-0.4, -0.2) is 56.6 Å². The molecule has 1 aromatic carbocycles. The molecule has 2 rings (SSSR count). The summed E-state index contributed by atoms with van der Waals surface area (Å²) in [4.78, 5) is 4.81. The normalized spacial score (nSPS) is 23.3. The molecule has 2 atom stereocenters. The van der Waals surface area contributed by atoms with Gasteiger partial charge in [0.1, 0.15) is 0 Å². The lowest BCUT2D eigenvalue weighted by atomic mass is 9.95. The van der Waals surface area contributed by atoms with Gasteiger partial charge in [-0.15, -0.1) is 0 Å². The fraction of sp³-hybridized carbons (Fsp3) is 0.600. The van der Waals surface area contributed by atoms with Gasteiger partial charge in [-0.2, -0.15) is 0 Å². The summed E-state index contributed by atoms with van der Waals surface area (Å²) in [5, 5.41) is 3.51. The second-order valence-electron chi connectivity index (χ2n) is 5.57. The lowest BCUT2D eigenvalue weighted by molar-refractivity contribution is 0.107. The van der Waals surface area contributed by atoms with E-state index < -0.39 is 0 Å². The molecule has 1 aliphatic heterocycles. The maximum absolute atomic E-state index is 3.51. The summed E-state index contributed by atoms with van der Waals surface area (Å²) in [6, 6.07) is 9.94. The SMILES string of the molecule is Cc1ccc(C(C2CNCCN2C)N(C)C)cc1. The molecule has 1 aromatic rings. The lowest BCUT2D eigenvalue weighted by Gasteiger charge is -2.41. The van der Waals surface area contributed by atoms with Crippen molar-refractivity contribution >= 4 is 0 Å². The van der Waals surface area contributed by atoms with Gasteiger partial charge in [-0.3, -0.25) is 4.90 Å². The maximum atomic E-state index is 3.51. The summed E-state index contributed by atoms with van der Waals surface area (Å²) in [6.45, 7) is 5.43. The number of nitrogens with one attached hydrogen (secondary N) is 1. The van der Waals surface area contributed by atoms with E-state index in [9.17, 15) is 0 Å². The number of hydrogen-bond donors (Lipinski definition) is 1. The highest BCUT2D eigenvalue weighted by molar-refractivity contribution is 5.25. The van der Waals surface area contributed by atoms with Gasteiger partial charge >= 0.3 is 0 Å². The van der Waals surface area contributed by atoms with Crippen LogP contribution in [0.2, 0.25) is 0 Å².